The van der Waals surface area contributed by atoms with Gasteiger partial charge in [0.25, 0.3) is 0 Å². The summed E-state index contributed by atoms with van der Waals surface area (Å²) in [5.41, 5.74) is 4.16. The molecule has 158 valence electrons. The minimum Gasteiger partial charge on any atom is -0.454 e. The number of fused-ring (bicyclic) bond motifs is 2. The van der Waals surface area contributed by atoms with Gasteiger partial charge in [-0.15, -0.1) is 0 Å². The molecular weight excluding hydrogens is 384 g/mol. The molecule has 0 fully saturated rings. The third kappa shape index (κ3) is 4.04. The molecule has 2 aliphatic rings. The van der Waals surface area contributed by atoms with E-state index >= 15 is 0 Å². The average Bonchev–Trinajstić information content (AvgIpc) is 3.33. The number of likely N-dealkylation sites (N-methyl/N-ethyl adjacent to an activating group) is 2. The van der Waals surface area contributed by atoms with Crippen molar-refractivity contribution in [3.05, 3.63) is 47.5 Å². The Labute approximate surface area is 175 Å². The summed E-state index contributed by atoms with van der Waals surface area (Å²) in [6.07, 6.45) is 1.02. The second-order valence-electron chi connectivity index (χ2n) is 7.77. The number of carbonyl (C=O) groups excluding carboxylic acids is 2. The van der Waals surface area contributed by atoms with E-state index in [1.54, 1.807) is 18.2 Å². The maximum absolute atomic E-state index is 12.4. The van der Waals surface area contributed by atoms with Crippen molar-refractivity contribution >= 4 is 23.2 Å². The maximum atomic E-state index is 12.4. The van der Waals surface area contributed by atoms with E-state index in [4.69, 9.17) is 9.47 Å². The summed E-state index contributed by atoms with van der Waals surface area (Å²) in [5, 5.41) is 5.35. The summed E-state index contributed by atoms with van der Waals surface area (Å²) in [7, 11) is 6.01. The van der Waals surface area contributed by atoms with Crippen molar-refractivity contribution in [3.63, 3.8) is 0 Å². The number of nitrogens with zero attached hydrogens (tertiary/aromatic N) is 2. The number of carbonyl (C=O) groups is 2. The van der Waals surface area contributed by atoms with E-state index in [9.17, 15) is 9.59 Å². The molecule has 4 rings (SSSR count). The van der Waals surface area contributed by atoms with Gasteiger partial charge in [-0.05, 0) is 49.8 Å². The van der Waals surface area contributed by atoms with Crippen LogP contribution in [0.15, 0.2) is 36.4 Å². The third-order valence-electron chi connectivity index (χ3n) is 5.53. The summed E-state index contributed by atoms with van der Waals surface area (Å²) >= 11 is 0. The number of nitrogens with one attached hydrogen (secondary N) is 2. The summed E-state index contributed by atoms with van der Waals surface area (Å²) in [6.45, 7) is 1.50. The Morgan fingerprint density at radius 2 is 1.90 bits per heavy atom. The van der Waals surface area contributed by atoms with E-state index in [0.29, 0.717) is 23.7 Å². The third-order valence-corrected chi connectivity index (χ3v) is 5.53. The molecule has 2 aromatic rings. The molecule has 8 nitrogen and oxygen atoms in total. The molecule has 30 heavy (non-hydrogen) atoms. The molecule has 2 heterocycles. The highest BCUT2D eigenvalue weighted by atomic mass is 16.7. The normalized spacial score (nSPS) is 15.1. The van der Waals surface area contributed by atoms with Crippen LogP contribution in [0.5, 0.6) is 11.5 Å². The first kappa shape index (κ1) is 20.0. The number of benzene rings is 2. The van der Waals surface area contributed by atoms with Crippen LogP contribution >= 0.6 is 0 Å². The van der Waals surface area contributed by atoms with Crippen LogP contribution < -0.4 is 25.0 Å². The Morgan fingerprint density at radius 3 is 2.70 bits per heavy atom. The lowest BCUT2D eigenvalue weighted by atomic mass is 10.0. The predicted octanol–water partition coefficient (Wildman–Crippen LogP) is 1.77. The molecule has 2 amide bonds. The van der Waals surface area contributed by atoms with Crippen molar-refractivity contribution in [1.82, 2.24) is 10.2 Å². The van der Waals surface area contributed by atoms with Crippen LogP contribution in [0.1, 0.15) is 17.2 Å². The van der Waals surface area contributed by atoms with Crippen LogP contribution in [0, 0.1) is 0 Å². The van der Waals surface area contributed by atoms with Gasteiger partial charge < -0.3 is 29.9 Å². The lowest BCUT2D eigenvalue weighted by Crippen LogP contribution is -2.40. The number of ether oxygens (including phenoxy) is 2. The summed E-state index contributed by atoms with van der Waals surface area (Å²) in [4.78, 5) is 29.0. The Morgan fingerprint density at radius 1 is 1.10 bits per heavy atom. The first-order valence-electron chi connectivity index (χ1n) is 9.91. The standard InChI is InChI=1S/C22H26N4O4/c1-25(2)18(14-4-6-17-15(10-14)8-9-26(17)3)12-23-21(27)22(28)24-16-5-7-19-20(11-16)30-13-29-19/h4-7,10-11,18H,8-9,12-13H2,1-3H3,(H,23,27)(H,24,28)/t18-/m0/s1. The van der Waals surface area contributed by atoms with Gasteiger partial charge >= 0.3 is 11.8 Å². The summed E-state index contributed by atoms with van der Waals surface area (Å²) in [6, 6.07) is 11.4. The minimum atomic E-state index is -0.720. The van der Waals surface area contributed by atoms with Crippen molar-refractivity contribution < 1.29 is 19.1 Å². The maximum Gasteiger partial charge on any atom is 0.313 e. The molecule has 8 heteroatoms. The van der Waals surface area contributed by atoms with Crippen molar-refractivity contribution in [1.29, 1.82) is 0 Å². The van der Waals surface area contributed by atoms with Crippen LogP contribution in [0.4, 0.5) is 11.4 Å². The number of anilines is 2. The molecule has 0 bridgehead atoms. The van der Waals surface area contributed by atoms with E-state index in [1.807, 2.05) is 19.0 Å². The lowest BCUT2D eigenvalue weighted by molar-refractivity contribution is -0.136. The SMILES string of the molecule is CN1CCc2cc([C@H](CNC(=O)C(=O)Nc3ccc4c(c3)OCO4)N(C)C)ccc21. The molecule has 2 N–H and O–H groups in total. The van der Waals surface area contributed by atoms with Gasteiger partial charge in [-0.1, -0.05) is 12.1 Å². The van der Waals surface area contributed by atoms with E-state index < -0.39 is 11.8 Å². The zero-order valence-corrected chi connectivity index (χ0v) is 17.4. The fraction of sp³-hybridized carbons (Fsp3) is 0.364. The lowest BCUT2D eigenvalue weighted by Gasteiger charge is -2.26. The van der Waals surface area contributed by atoms with Crippen LogP contribution in [0.25, 0.3) is 0 Å². The summed E-state index contributed by atoms with van der Waals surface area (Å²) in [5.74, 6) is -0.239. The molecule has 0 unspecified atom stereocenters. The molecule has 2 aromatic carbocycles. The molecule has 0 saturated carbocycles. The van der Waals surface area contributed by atoms with Crippen molar-refractivity contribution in [2.75, 3.05) is 51.2 Å². The van der Waals surface area contributed by atoms with E-state index in [1.165, 1.54) is 11.3 Å². The summed E-state index contributed by atoms with van der Waals surface area (Å²) < 4.78 is 10.5. The van der Waals surface area contributed by atoms with Gasteiger partial charge in [0, 0.05) is 37.6 Å². The number of amides is 2. The zero-order valence-electron chi connectivity index (χ0n) is 17.4. The van der Waals surface area contributed by atoms with Crippen LogP contribution in [-0.2, 0) is 16.0 Å². The number of hydrogen-bond acceptors (Lipinski definition) is 6. The van der Waals surface area contributed by atoms with E-state index in [-0.39, 0.29) is 12.8 Å². The first-order chi connectivity index (χ1) is 14.4. The minimum absolute atomic E-state index is 0.0384. The van der Waals surface area contributed by atoms with Crippen LogP contribution in [0.2, 0.25) is 0 Å². The molecule has 0 radical (unpaired) electrons. The smallest absolute Gasteiger partial charge is 0.313 e. The molecule has 0 aliphatic carbocycles. The zero-order chi connectivity index (χ0) is 21.3. The Bertz CT molecular complexity index is 976. The van der Waals surface area contributed by atoms with Gasteiger partial charge in [-0.3, -0.25) is 9.59 Å². The second kappa shape index (κ2) is 8.23. The molecular formula is C22H26N4O4. The van der Waals surface area contributed by atoms with Gasteiger partial charge in [0.15, 0.2) is 11.5 Å². The number of rotatable bonds is 5. The molecule has 0 saturated heterocycles. The van der Waals surface area contributed by atoms with E-state index in [0.717, 1.165) is 18.5 Å². The highest BCUT2D eigenvalue weighted by Gasteiger charge is 2.22. The van der Waals surface area contributed by atoms with Gasteiger partial charge in [0.1, 0.15) is 0 Å². The highest BCUT2D eigenvalue weighted by molar-refractivity contribution is 6.39. The van der Waals surface area contributed by atoms with Crippen LogP contribution in [0.3, 0.4) is 0 Å². The van der Waals surface area contributed by atoms with E-state index in [2.05, 4.69) is 40.8 Å². The Balaban J connectivity index is 1.38. The largest absolute Gasteiger partial charge is 0.454 e. The second-order valence-corrected chi connectivity index (χ2v) is 7.77. The Hall–Kier alpha value is -3.26. The van der Waals surface area contributed by atoms with Gasteiger partial charge in [-0.25, -0.2) is 0 Å². The Kier molecular flexibility index (Phi) is 5.50. The predicted molar refractivity (Wildman–Crippen MR) is 114 cm³/mol. The topological polar surface area (TPSA) is 83.1 Å². The quantitative estimate of drug-likeness (QED) is 0.731. The van der Waals surface area contributed by atoms with Gasteiger partial charge in [-0.2, -0.15) is 0 Å². The molecule has 0 spiro atoms. The first-order valence-corrected chi connectivity index (χ1v) is 9.91. The highest BCUT2D eigenvalue weighted by Crippen LogP contribution is 2.34. The van der Waals surface area contributed by atoms with Gasteiger partial charge in [0.05, 0.1) is 6.04 Å². The molecule has 0 aromatic heterocycles. The van der Waals surface area contributed by atoms with Crippen LogP contribution in [-0.4, -0.2) is 57.7 Å². The molecule has 2 aliphatic heterocycles. The van der Waals surface area contributed by atoms with Crippen molar-refractivity contribution in [3.8, 4) is 11.5 Å². The average molecular weight is 410 g/mol. The van der Waals surface area contributed by atoms with Gasteiger partial charge in [0.2, 0.25) is 6.79 Å². The molecule has 1 atom stereocenters. The monoisotopic (exact) mass is 410 g/mol. The number of hydrogen-bond donors (Lipinski definition) is 2. The van der Waals surface area contributed by atoms with Crippen molar-refractivity contribution in [2.45, 2.75) is 12.5 Å². The van der Waals surface area contributed by atoms with Crippen molar-refractivity contribution in [2.24, 2.45) is 0 Å². The fourth-order valence-corrected chi connectivity index (χ4v) is 3.82. The fourth-order valence-electron chi connectivity index (χ4n) is 3.82.